The number of fused-ring (bicyclic) bond motifs is 4. The highest BCUT2D eigenvalue weighted by Crippen LogP contribution is 2.40. The average molecular weight is 323 g/mol. The van der Waals surface area contributed by atoms with E-state index in [4.69, 9.17) is 5.73 Å². The maximum absolute atomic E-state index is 6.24. The number of halogens is 2. The van der Waals surface area contributed by atoms with Gasteiger partial charge in [0.1, 0.15) is 0 Å². The van der Waals surface area contributed by atoms with E-state index in [0.717, 1.165) is 31.6 Å². The second-order valence-electron chi connectivity index (χ2n) is 5.63. The van der Waals surface area contributed by atoms with Gasteiger partial charge in [0.2, 0.25) is 0 Å². The molecular weight excluding hydrogens is 303 g/mol. The molecule has 0 amide bonds. The zero-order valence-electron chi connectivity index (χ0n) is 11.8. The summed E-state index contributed by atoms with van der Waals surface area (Å²) in [6.45, 7) is 2.21. The van der Waals surface area contributed by atoms with E-state index in [-0.39, 0.29) is 24.8 Å². The first-order chi connectivity index (χ1) is 9.33. The van der Waals surface area contributed by atoms with Crippen molar-refractivity contribution >= 4 is 30.5 Å². The van der Waals surface area contributed by atoms with Crippen molar-refractivity contribution in [2.24, 2.45) is 0 Å². The highest BCUT2D eigenvalue weighted by molar-refractivity contribution is 5.85. The van der Waals surface area contributed by atoms with Crippen LogP contribution in [0.3, 0.4) is 0 Å². The van der Waals surface area contributed by atoms with Gasteiger partial charge in [-0.15, -0.1) is 24.8 Å². The van der Waals surface area contributed by atoms with E-state index < -0.39 is 0 Å². The first-order valence-electron chi connectivity index (χ1n) is 7.01. The molecule has 1 atom stereocenters. The molecule has 0 radical (unpaired) electrons. The molecule has 2 aromatic rings. The maximum atomic E-state index is 6.24. The van der Waals surface area contributed by atoms with Crippen LogP contribution in [0.2, 0.25) is 0 Å². The van der Waals surface area contributed by atoms with Crippen molar-refractivity contribution in [1.29, 1.82) is 0 Å². The third-order valence-electron chi connectivity index (χ3n) is 4.58. The van der Waals surface area contributed by atoms with Crippen LogP contribution in [0.4, 0.5) is 5.69 Å². The molecule has 4 rings (SSSR count). The highest BCUT2D eigenvalue weighted by atomic mass is 35.5. The van der Waals surface area contributed by atoms with Crippen LogP contribution in [-0.4, -0.2) is 11.4 Å². The molecule has 0 aromatic heterocycles. The second kappa shape index (κ2) is 6.27. The van der Waals surface area contributed by atoms with Crippen LogP contribution in [0.5, 0.6) is 0 Å². The van der Waals surface area contributed by atoms with Crippen molar-refractivity contribution in [3.05, 3.63) is 64.7 Å². The largest absolute Gasteiger partial charge is 0.398 e. The summed E-state index contributed by atoms with van der Waals surface area (Å²) >= 11 is 0. The lowest BCUT2D eigenvalue weighted by Crippen LogP contribution is -2.39. The molecule has 2 aromatic carbocycles. The van der Waals surface area contributed by atoms with Crippen LogP contribution in [0, 0.1) is 0 Å². The van der Waals surface area contributed by atoms with Gasteiger partial charge in [-0.2, -0.15) is 0 Å². The van der Waals surface area contributed by atoms with Crippen molar-refractivity contribution in [2.45, 2.75) is 25.4 Å². The molecule has 21 heavy (non-hydrogen) atoms. The summed E-state index contributed by atoms with van der Waals surface area (Å²) in [5.74, 6) is 0. The Morgan fingerprint density at radius 2 is 1.62 bits per heavy atom. The molecule has 2 heterocycles. The van der Waals surface area contributed by atoms with Crippen molar-refractivity contribution in [3.8, 4) is 0 Å². The lowest BCUT2D eigenvalue weighted by Gasteiger charge is -2.42. The van der Waals surface area contributed by atoms with Gasteiger partial charge < -0.3 is 5.73 Å². The Balaban J connectivity index is 0.000000807. The van der Waals surface area contributed by atoms with Crippen LogP contribution in [0.1, 0.15) is 28.3 Å². The van der Waals surface area contributed by atoms with Crippen molar-refractivity contribution in [3.63, 3.8) is 0 Å². The van der Waals surface area contributed by atoms with Crippen LogP contribution in [0.15, 0.2) is 42.5 Å². The Morgan fingerprint density at radius 3 is 2.43 bits per heavy atom. The molecule has 2 aliphatic heterocycles. The molecule has 2 aliphatic rings. The molecule has 0 aliphatic carbocycles. The Labute approximate surface area is 138 Å². The summed E-state index contributed by atoms with van der Waals surface area (Å²) in [6.07, 6.45) is 2.22. The molecule has 112 valence electrons. The quantitative estimate of drug-likeness (QED) is 0.748. The zero-order valence-corrected chi connectivity index (χ0v) is 13.4. The summed E-state index contributed by atoms with van der Waals surface area (Å²) < 4.78 is 0. The number of benzene rings is 2. The first-order valence-corrected chi connectivity index (χ1v) is 7.01. The fourth-order valence-corrected chi connectivity index (χ4v) is 3.62. The van der Waals surface area contributed by atoms with Crippen LogP contribution >= 0.6 is 24.8 Å². The van der Waals surface area contributed by atoms with E-state index >= 15 is 0 Å². The predicted octanol–water partition coefficient (Wildman–Crippen LogP) is 3.77. The van der Waals surface area contributed by atoms with Gasteiger partial charge in [0.15, 0.2) is 0 Å². The number of anilines is 1. The van der Waals surface area contributed by atoms with Gasteiger partial charge in [-0.3, -0.25) is 4.90 Å². The van der Waals surface area contributed by atoms with E-state index in [1.165, 1.54) is 22.3 Å². The van der Waals surface area contributed by atoms with Gasteiger partial charge in [-0.25, -0.2) is 0 Å². The number of nitrogen functional groups attached to an aromatic ring is 1. The van der Waals surface area contributed by atoms with E-state index in [0.29, 0.717) is 6.04 Å². The normalized spacial score (nSPS) is 19.3. The molecule has 2 nitrogen and oxygen atoms in total. The van der Waals surface area contributed by atoms with Gasteiger partial charge in [-0.05, 0) is 41.2 Å². The Bertz CT molecular complexity index is 642. The van der Waals surface area contributed by atoms with Gasteiger partial charge in [0, 0.05) is 24.8 Å². The topological polar surface area (TPSA) is 29.3 Å². The molecule has 0 saturated carbocycles. The summed E-state index contributed by atoms with van der Waals surface area (Å²) in [7, 11) is 0. The van der Waals surface area contributed by atoms with Gasteiger partial charge in [0.25, 0.3) is 0 Å². The molecule has 1 unspecified atom stereocenters. The van der Waals surface area contributed by atoms with E-state index in [1.54, 1.807) is 0 Å². The SMILES string of the molecule is Cl.Cl.Nc1cccc2c1C1Cc3ccccc3CN1CC2. The molecule has 2 N–H and O–H groups in total. The maximum Gasteiger partial charge on any atom is 0.0415 e. The van der Waals surface area contributed by atoms with Gasteiger partial charge in [-0.1, -0.05) is 36.4 Å². The summed E-state index contributed by atoms with van der Waals surface area (Å²) in [5, 5.41) is 0. The minimum absolute atomic E-state index is 0. The smallest absolute Gasteiger partial charge is 0.0415 e. The average Bonchev–Trinajstić information content (AvgIpc) is 2.45. The van der Waals surface area contributed by atoms with E-state index in [1.807, 2.05) is 6.07 Å². The van der Waals surface area contributed by atoms with E-state index in [9.17, 15) is 0 Å². The van der Waals surface area contributed by atoms with Crippen molar-refractivity contribution in [1.82, 2.24) is 4.90 Å². The Morgan fingerprint density at radius 1 is 0.905 bits per heavy atom. The van der Waals surface area contributed by atoms with Gasteiger partial charge in [0.05, 0.1) is 0 Å². The highest BCUT2D eigenvalue weighted by Gasteiger charge is 2.32. The van der Waals surface area contributed by atoms with Crippen LogP contribution < -0.4 is 5.73 Å². The third-order valence-corrected chi connectivity index (χ3v) is 4.58. The molecule has 0 bridgehead atoms. The lowest BCUT2D eigenvalue weighted by molar-refractivity contribution is 0.161. The predicted molar refractivity (Wildman–Crippen MR) is 92.4 cm³/mol. The van der Waals surface area contributed by atoms with Gasteiger partial charge >= 0.3 is 0 Å². The minimum Gasteiger partial charge on any atom is -0.398 e. The van der Waals surface area contributed by atoms with E-state index in [2.05, 4.69) is 41.3 Å². The number of nitrogens with two attached hydrogens (primary N) is 1. The van der Waals surface area contributed by atoms with Crippen LogP contribution in [0.25, 0.3) is 0 Å². The standard InChI is InChI=1S/C17H18N2.2ClH/c18-15-7-3-6-12-8-9-19-11-14-5-2-1-4-13(14)10-16(19)17(12)15;;/h1-7,16H,8-11,18H2;2*1H. The van der Waals surface area contributed by atoms with Crippen LogP contribution in [-0.2, 0) is 19.4 Å². The monoisotopic (exact) mass is 322 g/mol. The molecule has 0 spiro atoms. The minimum atomic E-state index is 0. The fourth-order valence-electron chi connectivity index (χ4n) is 3.62. The molecule has 0 fully saturated rings. The number of hydrogen-bond donors (Lipinski definition) is 1. The number of rotatable bonds is 0. The summed E-state index contributed by atoms with van der Waals surface area (Å²) in [6, 6.07) is 15.7. The third kappa shape index (κ3) is 2.64. The number of hydrogen-bond acceptors (Lipinski definition) is 2. The molecular formula is C17H20Cl2N2. The summed E-state index contributed by atoms with van der Waals surface area (Å²) in [4.78, 5) is 2.58. The second-order valence-corrected chi connectivity index (χ2v) is 5.63. The van der Waals surface area contributed by atoms with Crippen molar-refractivity contribution in [2.75, 3.05) is 12.3 Å². The number of nitrogens with zero attached hydrogens (tertiary/aromatic N) is 1. The molecule has 0 saturated heterocycles. The fraction of sp³-hybridized carbons (Fsp3) is 0.294. The summed E-state index contributed by atoms with van der Waals surface area (Å²) in [5.41, 5.74) is 13.0. The van der Waals surface area contributed by atoms with Crippen molar-refractivity contribution < 1.29 is 0 Å². The zero-order chi connectivity index (χ0) is 12.8. The lowest BCUT2D eigenvalue weighted by atomic mass is 9.83. The molecule has 4 heteroatoms. The Hall–Kier alpha value is -1.22. The Kier molecular flexibility index (Phi) is 4.82. The first kappa shape index (κ1) is 16.2.